The Balaban J connectivity index is 1.60. The maximum Gasteiger partial charge on any atom is 0.276 e. The fourth-order valence-electron chi connectivity index (χ4n) is 3.11. The van der Waals surface area contributed by atoms with Gasteiger partial charge in [0.25, 0.3) is 5.91 Å². The van der Waals surface area contributed by atoms with E-state index in [2.05, 4.69) is 10.4 Å². The van der Waals surface area contributed by atoms with Gasteiger partial charge in [-0.2, -0.15) is 5.10 Å². The maximum atomic E-state index is 13.1. The third kappa shape index (κ3) is 3.23. The molecule has 8 heteroatoms. The summed E-state index contributed by atoms with van der Waals surface area (Å²) in [6.45, 7) is 1.79. The van der Waals surface area contributed by atoms with Crippen LogP contribution in [0, 0.1) is 12.7 Å². The molecule has 0 saturated carbocycles. The van der Waals surface area contributed by atoms with Crippen LogP contribution < -0.4 is 5.32 Å². The zero-order chi connectivity index (χ0) is 19.2. The van der Waals surface area contributed by atoms with E-state index < -0.39 is 15.7 Å². The highest BCUT2D eigenvalue weighted by Crippen LogP contribution is 2.28. The Bertz CT molecular complexity index is 1150. The molecular weight excluding hydrogens is 369 g/mol. The van der Waals surface area contributed by atoms with Gasteiger partial charge in [0.15, 0.2) is 15.5 Å². The van der Waals surface area contributed by atoms with E-state index in [1.807, 2.05) is 0 Å². The van der Waals surface area contributed by atoms with E-state index in [1.54, 1.807) is 41.9 Å². The van der Waals surface area contributed by atoms with Crippen LogP contribution in [0.25, 0.3) is 5.69 Å². The van der Waals surface area contributed by atoms with Crippen LogP contribution in [0.4, 0.5) is 10.1 Å². The van der Waals surface area contributed by atoms with Crippen molar-refractivity contribution >= 4 is 21.4 Å². The molecule has 138 valence electrons. The number of halogens is 1. The number of hydrogen-bond acceptors (Lipinski definition) is 4. The number of aromatic nitrogens is 2. The molecule has 3 aromatic rings. The second-order valence-electron chi connectivity index (χ2n) is 6.40. The molecule has 0 saturated heterocycles. The average molecular weight is 385 g/mol. The van der Waals surface area contributed by atoms with Crippen LogP contribution >= 0.6 is 0 Å². The van der Waals surface area contributed by atoms with E-state index in [9.17, 15) is 17.6 Å². The second kappa shape index (κ2) is 6.31. The van der Waals surface area contributed by atoms with Crippen molar-refractivity contribution < 1.29 is 17.6 Å². The Morgan fingerprint density at radius 1 is 1.15 bits per heavy atom. The molecule has 6 nitrogen and oxygen atoms in total. The van der Waals surface area contributed by atoms with Gasteiger partial charge in [0.1, 0.15) is 5.82 Å². The number of sulfone groups is 1. The smallest absolute Gasteiger partial charge is 0.276 e. The maximum absolute atomic E-state index is 13.1. The highest BCUT2D eigenvalue weighted by atomic mass is 32.2. The molecule has 0 radical (unpaired) electrons. The van der Waals surface area contributed by atoms with E-state index in [0.29, 0.717) is 23.5 Å². The summed E-state index contributed by atoms with van der Waals surface area (Å²) in [6, 6.07) is 12.3. The number of anilines is 1. The summed E-state index contributed by atoms with van der Waals surface area (Å²) in [6.07, 6.45) is 0.493. The molecule has 4 rings (SSSR count). The van der Waals surface area contributed by atoms with Gasteiger partial charge in [-0.25, -0.2) is 17.5 Å². The summed E-state index contributed by atoms with van der Waals surface area (Å²) in [5, 5.41) is 6.96. The second-order valence-corrected chi connectivity index (χ2v) is 8.48. The molecule has 0 fully saturated rings. The monoisotopic (exact) mass is 385 g/mol. The van der Waals surface area contributed by atoms with E-state index in [-0.39, 0.29) is 22.2 Å². The number of aryl methyl sites for hydroxylation is 2. The van der Waals surface area contributed by atoms with Gasteiger partial charge in [-0.05, 0) is 61.4 Å². The molecule has 27 heavy (non-hydrogen) atoms. The lowest BCUT2D eigenvalue weighted by Crippen LogP contribution is -2.13. The molecule has 0 atom stereocenters. The van der Waals surface area contributed by atoms with E-state index >= 15 is 0 Å². The quantitative estimate of drug-likeness (QED) is 0.752. The first kappa shape index (κ1) is 17.4. The van der Waals surface area contributed by atoms with Crippen molar-refractivity contribution in [1.82, 2.24) is 9.78 Å². The summed E-state index contributed by atoms with van der Waals surface area (Å²) in [5.74, 6) is -0.705. The topological polar surface area (TPSA) is 81.1 Å². The minimum Gasteiger partial charge on any atom is -0.321 e. The number of nitrogens with one attached hydrogen (secondary N) is 1. The fourth-order valence-corrected chi connectivity index (χ4v) is 4.69. The standard InChI is InChI=1S/C19H16FN3O3S/c1-12-10-17(22-23(12)16-6-3-14(20)4-7-16)19(24)21-15-5-2-13-8-9-27(25,26)18(13)11-15/h2-7,10-11H,8-9H2,1H3,(H,21,24). The Morgan fingerprint density at radius 2 is 1.89 bits per heavy atom. The highest BCUT2D eigenvalue weighted by molar-refractivity contribution is 7.91. The van der Waals surface area contributed by atoms with Crippen LogP contribution in [0.5, 0.6) is 0 Å². The largest absolute Gasteiger partial charge is 0.321 e. The molecule has 1 aliphatic heterocycles. The summed E-state index contributed by atoms with van der Waals surface area (Å²) in [5.41, 5.74) is 2.70. The molecule has 0 unspecified atom stereocenters. The van der Waals surface area contributed by atoms with Gasteiger partial charge in [-0.1, -0.05) is 6.07 Å². The average Bonchev–Trinajstić information content (AvgIpc) is 3.16. The van der Waals surface area contributed by atoms with Crippen molar-refractivity contribution in [2.24, 2.45) is 0 Å². The number of carbonyl (C=O) groups is 1. The zero-order valence-corrected chi connectivity index (χ0v) is 15.3. The van der Waals surface area contributed by atoms with Gasteiger partial charge in [-0.15, -0.1) is 0 Å². The van der Waals surface area contributed by atoms with Crippen LogP contribution in [-0.4, -0.2) is 29.9 Å². The number of benzene rings is 2. The number of hydrogen-bond donors (Lipinski definition) is 1. The summed E-state index contributed by atoms with van der Waals surface area (Å²) in [4.78, 5) is 12.8. The predicted molar refractivity (Wildman–Crippen MR) is 98.4 cm³/mol. The molecule has 2 heterocycles. The van der Waals surface area contributed by atoms with Gasteiger partial charge in [0, 0.05) is 11.4 Å². The van der Waals surface area contributed by atoms with Crippen molar-refractivity contribution in [3.8, 4) is 5.69 Å². The summed E-state index contributed by atoms with van der Waals surface area (Å²) < 4.78 is 38.7. The number of rotatable bonds is 3. The van der Waals surface area contributed by atoms with Gasteiger partial charge >= 0.3 is 0 Å². The molecule has 1 aromatic heterocycles. The number of fused-ring (bicyclic) bond motifs is 1. The summed E-state index contributed by atoms with van der Waals surface area (Å²) in [7, 11) is -3.27. The predicted octanol–water partition coefficient (Wildman–Crippen LogP) is 2.90. The normalized spacial score (nSPS) is 14.7. The molecule has 0 bridgehead atoms. The minimum atomic E-state index is -3.27. The van der Waals surface area contributed by atoms with Crippen molar-refractivity contribution in [3.05, 3.63) is 71.3 Å². The Labute approximate surface area is 155 Å². The molecular formula is C19H16FN3O3S. The van der Waals surface area contributed by atoms with Gasteiger partial charge in [0.05, 0.1) is 16.3 Å². The Morgan fingerprint density at radius 3 is 2.63 bits per heavy atom. The number of nitrogens with zero attached hydrogens (tertiary/aromatic N) is 2. The van der Waals surface area contributed by atoms with E-state index in [0.717, 1.165) is 5.56 Å². The van der Waals surface area contributed by atoms with Crippen molar-refractivity contribution in [2.45, 2.75) is 18.2 Å². The molecule has 2 aromatic carbocycles. The van der Waals surface area contributed by atoms with Crippen LogP contribution in [0.1, 0.15) is 21.7 Å². The minimum absolute atomic E-state index is 0.0982. The van der Waals surface area contributed by atoms with Crippen LogP contribution in [0.3, 0.4) is 0 Å². The molecule has 0 spiro atoms. The van der Waals surface area contributed by atoms with Gasteiger partial charge in [0.2, 0.25) is 0 Å². The number of amides is 1. The van der Waals surface area contributed by atoms with Crippen molar-refractivity contribution in [1.29, 1.82) is 0 Å². The van der Waals surface area contributed by atoms with E-state index in [1.165, 1.54) is 18.2 Å². The molecule has 1 aliphatic rings. The van der Waals surface area contributed by atoms with Crippen molar-refractivity contribution in [2.75, 3.05) is 11.1 Å². The zero-order valence-electron chi connectivity index (χ0n) is 14.4. The van der Waals surface area contributed by atoms with Crippen LogP contribution in [0.15, 0.2) is 53.4 Å². The Hall–Kier alpha value is -3.00. The van der Waals surface area contributed by atoms with Crippen LogP contribution in [-0.2, 0) is 16.3 Å². The third-order valence-corrected chi connectivity index (χ3v) is 6.28. The molecule has 1 amide bonds. The SMILES string of the molecule is Cc1cc(C(=O)Nc2ccc3c(c2)S(=O)(=O)CC3)nn1-c1ccc(F)cc1. The van der Waals surface area contributed by atoms with Gasteiger partial charge < -0.3 is 5.32 Å². The van der Waals surface area contributed by atoms with Gasteiger partial charge in [-0.3, -0.25) is 4.79 Å². The first-order valence-electron chi connectivity index (χ1n) is 8.33. The lowest BCUT2D eigenvalue weighted by atomic mass is 10.1. The first-order valence-corrected chi connectivity index (χ1v) is 9.98. The Kier molecular flexibility index (Phi) is 4.07. The van der Waals surface area contributed by atoms with Crippen molar-refractivity contribution in [3.63, 3.8) is 0 Å². The lowest BCUT2D eigenvalue weighted by Gasteiger charge is -2.06. The molecule has 0 aliphatic carbocycles. The first-order chi connectivity index (χ1) is 12.8. The third-order valence-electron chi connectivity index (χ3n) is 4.49. The molecule has 1 N–H and O–H groups in total. The van der Waals surface area contributed by atoms with Crippen LogP contribution in [0.2, 0.25) is 0 Å². The lowest BCUT2D eigenvalue weighted by molar-refractivity contribution is 0.102. The number of carbonyl (C=O) groups excluding carboxylic acids is 1. The van der Waals surface area contributed by atoms with E-state index in [4.69, 9.17) is 0 Å². The fraction of sp³-hybridized carbons (Fsp3) is 0.158. The highest BCUT2D eigenvalue weighted by Gasteiger charge is 2.26. The summed E-state index contributed by atoms with van der Waals surface area (Å²) >= 11 is 0.